The number of carbonyl (C=O) groups is 1. The molecule has 2 rings (SSSR count). The number of hydrogen-bond donors (Lipinski definition) is 1. The Bertz CT molecular complexity index is 614. The minimum absolute atomic E-state index is 0.118. The van der Waals surface area contributed by atoms with Gasteiger partial charge < -0.3 is 15.4 Å². The molecule has 1 amide bonds. The molecule has 0 saturated carbocycles. The van der Waals surface area contributed by atoms with Gasteiger partial charge in [-0.2, -0.15) is 0 Å². The zero-order valence-electron chi connectivity index (χ0n) is 12.2. The summed E-state index contributed by atoms with van der Waals surface area (Å²) in [5, 5.41) is 0. The first-order valence-corrected chi connectivity index (χ1v) is 6.78. The van der Waals surface area contributed by atoms with E-state index in [4.69, 9.17) is 10.5 Å². The number of pyridine rings is 1. The summed E-state index contributed by atoms with van der Waals surface area (Å²) in [7, 11) is 1.54. The first-order chi connectivity index (χ1) is 10.2. The van der Waals surface area contributed by atoms with Crippen LogP contribution >= 0.6 is 0 Å². The predicted octanol–water partition coefficient (Wildman–Crippen LogP) is 2.33. The lowest BCUT2D eigenvalue weighted by Gasteiger charge is -2.21. The van der Waals surface area contributed by atoms with E-state index in [1.54, 1.807) is 29.3 Å². The predicted molar refractivity (Wildman–Crippen MR) is 82.1 cm³/mol. The molecule has 0 unspecified atom stereocenters. The summed E-state index contributed by atoms with van der Waals surface area (Å²) < 4.78 is 5.25. The number of methoxy groups -OCH3 is 1. The molecular formula is C16H19N3O2. The van der Waals surface area contributed by atoms with Gasteiger partial charge in [-0.15, -0.1) is 0 Å². The normalized spacial score (nSPS) is 10.2. The van der Waals surface area contributed by atoms with Gasteiger partial charge in [-0.3, -0.25) is 9.78 Å². The third kappa shape index (κ3) is 3.51. The second-order valence-electron chi connectivity index (χ2n) is 4.60. The number of benzene rings is 1. The van der Waals surface area contributed by atoms with Crippen molar-refractivity contribution in [3.8, 4) is 5.75 Å². The van der Waals surface area contributed by atoms with Crippen molar-refractivity contribution in [3.63, 3.8) is 0 Å². The van der Waals surface area contributed by atoms with Crippen LogP contribution in [0.25, 0.3) is 0 Å². The fourth-order valence-electron chi connectivity index (χ4n) is 2.08. The molecule has 2 N–H and O–H groups in total. The number of aromatic nitrogens is 1. The lowest BCUT2D eigenvalue weighted by molar-refractivity contribution is 0.0747. The highest BCUT2D eigenvalue weighted by molar-refractivity contribution is 5.97. The van der Waals surface area contributed by atoms with E-state index in [9.17, 15) is 4.79 Å². The van der Waals surface area contributed by atoms with Crippen LogP contribution in [0.1, 0.15) is 23.0 Å². The van der Waals surface area contributed by atoms with E-state index in [0.717, 1.165) is 5.69 Å². The fraction of sp³-hybridized carbons (Fsp3) is 0.250. The topological polar surface area (TPSA) is 68.5 Å². The van der Waals surface area contributed by atoms with Crippen LogP contribution in [-0.4, -0.2) is 29.4 Å². The number of nitrogens with two attached hydrogens (primary N) is 1. The number of anilines is 1. The number of hydrogen-bond acceptors (Lipinski definition) is 4. The summed E-state index contributed by atoms with van der Waals surface area (Å²) in [6.07, 6.45) is 1.72. The summed E-state index contributed by atoms with van der Waals surface area (Å²) in [6.45, 7) is 2.96. The molecule has 0 saturated heterocycles. The Morgan fingerprint density at radius 2 is 2.14 bits per heavy atom. The standard InChI is InChI=1S/C16H19N3O2/c1-3-19(11-13-6-4-5-9-18-13)16(20)14-10-12(17)7-8-15(14)21-2/h4-10H,3,11,17H2,1-2H3. The lowest BCUT2D eigenvalue weighted by atomic mass is 10.1. The molecule has 0 aliphatic heterocycles. The van der Waals surface area contributed by atoms with E-state index in [1.807, 2.05) is 25.1 Å². The highest BCUT2D eigenvalue weighted by Crippen LogP contribution is 2.23. The van der Waals surface area contributed by atoms with Gasteiger partial charge in [0.1, 0.15) is 5.75 Å². The second kappa shape index (κ2) is 6.74. The van der Waals surface area contributed by atoms with Crippen molar-refractivity contribution in [3.05, 3.63) is 53.9 Å². The molecule has 0 aliphatic carbocycles. The minimum atomic E-state index is -0.118. The van der Waals surface area contributed by atoms with E-state index in [1.165, 1.54) is 7.11 Å². The van der Waals surface area contributed by atoms with Crippen molar-refractivity contribution in [2.75, 3.05) is 19.4 Å². The third-order valence-corrected chi connectivity index (χ3v) is 3.20. The highest BCUT2D eigenvalue weighted by atomic mass is 16.5. The SMILES string of the molecule is CCN(Cc1ccccn1)C(=O)c1cc(N)ccc1OC. The maximum Gasteiger partial charge on any atom is 0.258 e. The maximum atomic E-state index is 12.7. The molecule has 21 heavy (non-hydrogen) atoms. The smallest absolute Gasteiger partial charge is 0.258 e. The van der Waals surface area contributed by atoms with Crippen molar-refractivity contribution in [1.82, 2.24) is 9.88 Å². The molecule has 0 atom stereocenters. The zero-order chi connectivity index (χ0) is 15.2. The number of carbonyl (C=O) groups excluding carboxylic acids is 1. The van der Waals surface area contributed by atoms with Crippen LogP contribution in [0.5, 0.6) is 5.75 Å². The Balaban J connectivity index is 2.26. The van der Waals surface area contributed by atoms with Gasteiger partial charge in [0.15, 0.2) is 0 Å². The summed E-state index contributed by atoms with van der Waals surface area (Å²) in [5.74, 6) is 0.404. The van der Waals surface area contributed by atoms with E-state index >= 15 is 0 Å². The molecule has 0 spiro atoms. The summed E-state index contributed by atoms with van der Waals surface area (Å²) in [4.78, 5) is 18.6. The number of ether oxygens (including phenoxy) is 1. The Kier molecular flexibility index (Phi) is 4.77. The van der Waals surface area contributed by atoms with Gasteiger partial charge in [0.05, 0.1) is 24.9 Å². The maximum absolute atomic E-state index is 12.7. The van der Waals surface area contributed by atoms with Gasteiger partial charge in [-0.25, -0.2) is 0 Å². The molecule has 2 aromatic rings. The molecule has 0 fully saturated rings. The molecule has 110 valence electrons. The van der Waals surface area contributed by atoms with Crippen molar-refractivity contribution < 1.29 is 9.53 Å². The molecule has 1 aromatic carbocycles. The van der Waals surface area contributed by atoms with E-state index in [-0.39, 0.29) is 5.91 Å². The van der Waals surface area contributed by atoms with Crippen LogP contribution in [0.2, 0.25) is 0 Å². The fourth-order valence-corrected chi connectivity index (χ4v) is 2.08. The number of nitrogen functional groups attached to an aromatic ring is 1. The van der Waals surface area contributed by atoms with Crippen molar-refractivity contribution >= 4 is 11.6 Å². The van der Waals surface area contributed by atoms with E-state index in [0.29, 0.717) is 30.1 Å². The van der Waals surface area contributed by atoms with Crippen molar-refractivity contribution in [2.24, 2.45) is 0 Å². The Morgan fingerprint density at radius 1 is 1.33 bits per heavy atom. The van der Waals surface area contributed by atoms with Crippen LogP contribution in [0, 0.1) is 0 Å². The average molecular weight is 285 g/mol. The first-order valence-electron chi connectivity index (χ1n) is 6.78. The monoisotopic (exact) mass is 285 g/mol. The van der Waals surface area contributed by atoms with Gasteiger partial charge in [-0.05, 0) is 37.3 Å². The van der Waals surface area contributed by atoms with Gasteiger partial charge in [0.25, 0.3) is 5.91 Å². The Morgan fingerprint density at radius 3 is 2.76 bits per heavy atom. The molecule has 0 radical (unpaired) electrons. The largest absolute Gasteiger partial charge is 0.496 e. The molecule has 0 bridgehead atoms. The molecular weight excluding hydrogens is 266 g/mol. The quantitative estimate of drug-likeness (QED) is 0.856. The van der Waals surface area contributed by atoms with Gasteiger partial charge >= 0.3 is 0 Å². The minimum Gasteiger partial charge on any atom is -0.496 e. The third-order valence-electron chi connectivity index (χ3n) is 3.20. The molecule has 5 nitrogen and oxygen atoms in total. The Labute approximate surface area is 124 Å². The van der Waals surface area contributed by atoms with Gasteiger partial charge in [-0.1, -0.05) is 6.07 Å². The summed E-state index contributed by atoms with van der Waals surface area (Å²) in [5.41, 5.74) is 7.62. The zero-order valence-corrected chi connectivity index (χ0v) is 12.2. The van der Waals surface area contributed by atoms with Crippen LogP contribution in [-0.2, 0) is 6.54 Å². The van der Waals surface area contributed by atoms with Crippen LogP contribution in [0.15, 0.2) is 42.6 Å². The molecule has 1 aromatic heterocycles. The van der Waals surface area contributed by atoms with Gasteiger partial charge in [0, 0.05) is 18.4 Å². The average Bonchev–Trinajstić information content (AvgIpc) is 2.53. The van der Waals surface area contributed by atoms with Gasteiger partial charge in [0.2, 0.25) is 0 Å². The second-order valence-corrected chi connectivity index (χ2v) is 4.60. The number of rotatable bonds is 5. The Hall–Kier alpha value is -2.56. The lowest BCUT2D eigenvalue weighted by Crippen LogP contribution is -2.31. The van der Waals surface area contributed by atoms with E-state index < -0.39 is 0 Å². The molecule has 1 heterocycles. The van der Waals surface area contributed by atoms with Crippen LogP contribution in [0.3, 0.4) is 0 Å². The molecule has 5 heteroatoms. The van der Waals surface area contributed by atoms with E-state index in [2.05, 4.69) is 4.98 Å². The first kappa shape index (κ1) is 14.8. The summed E-state index contributed by atoms with van der Waals surface area (Å²) >= 11 is 0. The van der Waals surface area contributed by atoms with Crippen LogP contribution < -0.4 is 10.5 Å². The number of nitrogens with zero attached hydrogens (tertiary/aromatic N) is 2. The van der Waals surface area contributed by atoms with Crippen molar-refractivity contribution in [1.29, 1.82) is 0 Å². The highest BCUT2D eigenvalue weighted by Gasteiger charge is 2.19. The number of amides is 1. The molecule has 0 aliphatic rings. The summed E-state index contributed by atoms with van der Waals surface area (Å²) in [6, 6.07) is 10.7. The van der Waals surface area contributed by atoms with Crippen molar-refractivity contribution in [2.45, 2.75) is 13.5 Å². The van der Waals surface area contributed by atoms with Crippen LogP contribution in [0.4, 0.5) is 5.69 Å².